The van der Waals surface area contributed by atoms with Gasteiger partial charge in [-0.25, -0.2) is 0 Å². The Morgan fingerprint density at radius 2 is 2.30 bits per heavy atom. The zero-order chi connectivity index (χ0) is 7.03. The molecule has 0 amide bonds. The van der Waals surface area contributed by atoms with Crippen molar-refractivity contribution in [1.82, 2.24) is 5.32 Å². The molecule has 0 radical (unpaired) electrons. The summed E-state index contributed by atoms with van der Waals surface area (Å²) in [5.74, 6) is 0. The highest BCUT2D eigenvalue weighted by molar-refractivity contribution is 5.00. The van der Waals surface area contributed by atoms with Gasteiger partial charge < -0.3 is 4.74 Å². The number of nitrogens with one attached hydrogen (secondary N) is 1. The van der Waals surface area contributed by atoms with Crippen molar-refractivity contribution in [3.8, 4) is 0 Å². The third kappa shape index (κ3) is 1.06. The smallest absolute Gasteiger partial charge is 0.108 e. The van der Waals surface area contributed by atoms with Crippen molar-refractivity contribution in [3.63, 3.8) is 0 Å². The summed E-state index contributed by atoms with van der Waals surface area (Å²) in [6.07, 6.45) is 5.47. The van der Waals surface area contributed by atoms with Crippen molar-refractivity contribution >= 4 is 0 Å². The first kappa shape index (κ1) is 6.62. The van der Waals surface area contributed by atoms with Crippen LogP contribution in [-0.2, 0) is 4.74 Å². The van der Waals surface area contributed by atoms with E-state index in [9.17, 15) is 0 Å². The number of rotatable bonds is 2. The molecular formula is C8H15NO. The molecule has 2 heteroatoms. The van der Waals surface area contributed by atoms with Gasteiger partial charge in [0.15, 0.2) is 0 Å². The van der Waals surface area contributed by atoms with Crippen LogP contribution in [0.3, 0.4) is 0 Å². The molecule has 1 atom stereocenters. The lowest BCUT2D eigenvalue weighted by Crippen LogP contribution is -2.28. The van der Waals surface area contributed by atoms with Crippen molar-refractivity contribution in [2.24, 2.45) is 0 Å². The van der Waals surface area contributed by atoms with E-state index in [1.807, 2.05) is 0 Å². The quantitative estimate of drug-likeness (QED) is 0.625. The summed E-state index contributed by atoms with van der Waals surface area (Å²) in [5, 5.41) is 3.32. The van der Waals surface area contributed by atoms with Gasteiger partial charge in [-0.3, -0.25) is 5.32 Å². The van der Waals surface area contributed by atoms with Crippen molar-refractivity contribution in [2.45, 2.75) is 44.4 Å². The van der Waals surface area contributed by atoms with Gasteiger partial charge in [0.05, 0.1) is 5.60 Å². The highest BCUT2D eigenvalue weighted by Crippen LogP contribution is 2.48. The Bertz CT molecular complexity index is 131. The average Bonchev–Trinajstić information content (AvgIpc) is 2.52. The van der Waals surface area contributed by atoms with Crippen LogP contribution in [0.15, 0.2) is 0 Å². The highest BCUT2D eigenvalue weighted by Gasteiger charge is 2.49. The Hall–Kier alpha value is -0.0800. The SMILES string of the molecule is CCNC1CCC2(CC2)O1. The van der Waals surface area contributed by atoms with Gasteiger partial charge in [-0.2, -0.15) is 0 Å². The summed E-state index contributed by atoms with van der Waals surface area (Å²) >= 11 is 0. The third-order valence-electron chi connectivity index (χ3n) is 2.49. The van der Waals surface area contributed by atoms with Crippen molar-refractivity contribution < 1.29 is 4.74 Å². The second-order valence-corrected chi connectivity index (χ2v) is 3.39. The topological polar surface area (TPSA) is 21.3 Å². The molecule has 1 aliphatic carbocycles. The molecule has 10 heavy (non-hydrogen) atoms. The van der Waals surface area contributed by atoms with Gasteiger partial charge in [-0.05, 0) is 32.2 Å². The summed E-state index contributed by atoms with van der Waals surface area (Å²) in [6.45, 7) is 3.15. The van der Waals surface area contributed by atoms with E-state index < -0.39 is 0 Å². The van der Waals surface area contributed by atoms with Crippen LogP contribution in [0.25, 0.3) is 0 Å². The minimum absolute atomic E-state index is 0.354. The van der Waals surface area contributed by atoms with Crippen molar-refractivity contribution in [2.75, 3.05) is 6.54 Å². The lowest BCUT2D eigenvalue weighted by molar-refractivity contribution is 0.0111. The van der Waals surface area contributed by atoms with E-state index in [4.69, 9.17) is 4.74 Å². The third-order valence-corrected chi connectivity index (χ3v) is 2.49. The molecule has 0 aromatic heterocycles. The van der Waals surface area contributed by atoms with Gasteiger partial charge in [-0.1, -0.05) is 6.92 Å². The van der Waals surface area contributed by atoms with E-state index in [-0.39, 0.29) is 0 Å². The molecule has 0 aromatic rings. The second kappa shape index (κ2) is 2.21. The van der Waals surface area contributed by atoms with E-state index in [1.54, 1.807) is 0 Å². The van der Waals surface area contributed by atoms with E-state index in [0.717, 1.165) is 6.54 Å². The Labute approximate surface area is 61.9 Å². The van der Waals surface area contributed by atoms with E-state index in [0.29, 0.717) is 11.8 Å². The maximum Gasteiger partial charge on any atom is 0.108 e. The zero-order valence-electron chi connectivity index (χ0n) is 6.52. The summed E-state index contributed by atoms with van der Waals surface area (Å²) < 4.78 is 5.79. The summed E-state index contributed by atoms with van der Waals surface area (Å²) in [4.78, 5) is 0. The Morgan fingerprint density at radius 3 is 2.80 bits per heavy atom. The minimum atomic E-state index is 0.354. The Balaban J connectivity index is 1.82. The van der Waals surface area contributed by atoms with Gasteiger partial charge in [0.2, 0.25) is 0 Å². The number of ether oxygens (including phenoxy) is 1. The standard InChI is InChI=1S/C8H15NO/c1-2-9-7-3-4-8(10-7)5-6-8/h7,9H,2-6H2,1H3. The normalized spacial score (nSPS) is 35.1. The highest BCUT2D eigenvalue weighted by atomic mass is 16.5. The Kier molecular flexibility index (Phi) is 1.46. The predicted molar refractivity (Wildman–Crippen MR) is 39.7 cm³/mol. The molecule has 0 aromatic carbocycles. The second-order valence-electron chi connectivity index (χ2n) is 3.39. The van der Waals surface area contributed by atoms with Crippen LogP contribution in [-0.4, -0.2) is 18.4 Å². The molecule has 2 aliphatic rings. The first-order valence-corrected chi connectivity index (χ1v) is 4.26. The van der Waals surface area contributed by atoms with Crippen LogP contribution in [0.4, 0.5) is 0 Å². The summed E-state index contributed by atoms with van der Waals surface area (Å²) in [6, 6.07) is 0. The van der Waals surface area contributed by atoms with Crippen LogP contribution in [0, 0.1) is 0 Å². The molecule has 1 spiro atoms. The number of hydrogen-bond acceptors (Lipinski definition) is 2. The van der Waals surface area contributed by atoms with Gasteiger partial charge in [0.25, 0.3) is 0 Å². The predicted octanol–water partition coefficient (Wildman–Crippen LogP) is 1.26. The zero-order valence-corrected chi connectivity index (χ0v) is 6.52. The lowest BCUT2D eigenvalue weighted by Gasteiger charge is -2.11. The van der Waals surface area contributed by atoms with Gasteiger partial charge in [0.1, 0.15) is 6.23 Å². The fraction of sp³-hybridized carbons (Fsp3) is 1.00. The fourth-order valence-electron chi connectivity index (χ4n) is 1.69. The van der Waals surface area contributed by atoms with Crippen molar-refractivity contribution in [1.29, 1.82) is 0 Å². The first-order chi connectivity index (χ1) is 4.85. The van der Waals surface area contributed by atoms with Crippen LogP contribution in [0.5, 0.6) is 0 Å². The lowest BCUT2D eigenvalue weighted by atomic mass is 10.2. The molecule has 1 saturated heterocycles. The Morgan fingerprint density at radius 1 is 1.50 bits per heavy atom. The molecule has 58 valence electrons. The van der Waals surface area contributed by atoms with Gasteiger partial charge >= 0.3 is 0 Å². The molecule has 2 fully saturated rings. The largest absolute Gasteiger partial charge is 0.357 e. The van der Waals surface area contributed by atoms with E-state index in [2.05, 4.69) is 12.2 Å². The molecule has 1 aliphatic heterocycles. The van der Waals surface area contributed by atoms with Crippen LogP contribution < -0.4 is 5.32 Å². The van der Waals surface area contributed by atoms with E-state index >= 15 is 0 Å². The molecule has 1 unspecified atom stereocenters. The molecule has 2 nitrogen and oxygen atoms in total. The van der Waals surface area contributed by atoms with Gasteiger partial charge in [-0.15, -0.1) is 0 Å². The molecule has 1 N–H and O–H groups in total. The fourth-order valence-corrected chi connectivity index (χ4v) is 1.69. The van der Waals surface area contributed by atoms with Gasteiger partial charge in [0, 0.05) is 0 Å². The number of hydrogen-bond donors (Lipinski definition) is 1. The molecule has 1 saturated carbocycles. The summed E-state index contributed by atoms with van der Waals surface area (Å²) in [7, 11) is 0. The maximum atomic E-state index is 5.79. The summed E-state index contributed by atoms with van der Waals surface area (Å²) in [5.41, 5.74) is 0.354. The average molecular weight is 141 g/mol. The first-order valence-electron chi connectivity index (χ1n) is 4.26. The van der Waals surface area contributed by atoms with E-state index in [1.165, 1.54) is 25.7 Å². The minimum Gasteiger partial charge on any atom is -0.357 e. The molecular weight excluding hydrogens is 126 g/mol. The molecule has 0 bridgehead atoms. The molecule has 1 heterocycles. The van der Waals surface area contributed by atoms with Crippen LogP contribution in [0.2, 0.25) is 0 Å². The maximum absolute atomic E-state index is 5.79. The molecule has 2 rings (SSSR count). The van der Waals surface area contributed by atoms with Crippen LogP contribution in [0.1, 0.15) is 32.6 Å². The monoisotopic (exact) mass is 141 g/mol. The van der Waals surface area contributed by atoms with Crippen LogP contribution >= 0.6 is 0 Å². The van der Waals surface area contributed by atoms with Crippen molar-refractivity contribution in [3.05, 3.63) is 0 Å².